The quantitative estimate of drug-likeness (QED) is 0.801. The fourth-order valence-electron chi connectivity index (χ4n) is 1.60. The topological polar surface area (TPSA) is 59.0 Å². The third-order valence-corrected chi connectivity index (χ3v) is 3.82. The summed E-state index contributed by atoms with van der Waals surface area (Å²) < 4.78 is 18.0. The minimum atomic E-state index is -1.80. The van der Waals surface area contributed by atoms with Crippen LogP contribution in [0.2, 0.25) is 0 Å². The predicted molar refractivity (Wildman–Crippen MR) is 74.6 cm³/mol. The van der Waals surface area contributed by atoms with Gasteiger partial charge in [0.1, 0.15) is 0 Å². The maximum atomic E-state index is 13.6. The highest BCUT2D eigenvalue weighted by Gasteiger charge is 2.24. The lowest BCUT2D eigenvalue weighted by Gasteiger charge is -2.09. The molecular formula is C13H13FN2O3S. The highest BCUT2D eigenvalue weighted by atomic mass is 32.2. The Morgan fingerprint density at radius 1 is 1.45 bits per heavy atom. The lowest BCUT2D eigenvalue weighted by atomic mass is 10.1. The van der Waals surface area contributed by atoms with Crippen molar-refractivity contribution in [1.29, 1.82) is 0 Å². The van der Waals surface area contributed by atoms with Gasteiger partial charge in [-0.2, -0.15) is 0 Å². The van der Waals surface area contributed by atoms with Gasteiger partial charge in [0, 0.05) is 7.05 Å². The molecule has 1 amide bonds. The van der Waals surface area contributed by atoms with Crippen LogP contribution in [0.15, 0.2) is 29.3 Å². The van der Waals surface area contributed by atoms with E-state index in [9.17, 15) is 14.0 Å². The van der Waals surface area contributed by atoms with Crippen LogP contribution in [-0.4, -0.2) is 41.9 Å². The molecule has 20 heavy (non-hydrogen) atoms. The highest BCUT2D eigenvalue weighted by molar-refractivity contribution is 8.15. The van der Waals surface area contributed by atoms with Gasteiger partial charge in [-0.05, 0) is 17.7 Å². The summed E-state index contributed by atoms with van der Waals surface area (Å²) in [6, 6.07) is 6.13. The van der Waals surface area contributed by atoms with Crippen LogP contribution in [0.4, 0.5) is 10.1 Å². The average molecular weight is 296 g/mol. The maximum Gasteiger partial charge on any atom is 0.345 e. The van der Waals surface area contributed by atoms with Gasteiger partial charge in [0.15, 0.2) is 5.17 Å². The second-order valence-electron chi connectivity index (χ2n) is 4.11. The van der Waals surface area contributed by atoms with E-state index >= 15 is 0 Å². The second-order valence-corrected chi connectivity index (χ2v) is 5.06. The molecule has 0 aromatic heterocycles. The molecule has 1 aromatic carbocycles. The number of esters is 1. The van der Waals surface area contributed by atoms with Crippen LogP contribution in [0.25, 0.3) is 0 Å². The van der Waals surface area contributed by atoms with Gasteiger partial charge < -0.3 is 4.74 Å². The molecule has 7 heteroatoms. The van der Waals surface area contributed by atoms with Gasteiger partial charge in [-0.1, -0.05) is 23.9 Å². The second kappa shape index (κ2) is 6.04. The summed E-state index contributed by atoms with van der Waals surface area (Å²) in [6.07, 6.45) is -1.80. The van der Waals surface area contributed by atoms with Crippen molar-refractivity contribution in [3.05, 3.63) is 29.8 Å². The van der Waals surface area contributed by atoms with E-state index in [2.05, 4.69) is 9.73 Å². The molecule has 0 radical (unpaired) electrons. The number of aliphatic imine (C=N–C) groups is 1. The Labute approximate surface area is 119 Å². The number of alkyl halides is 1. The SMILES string of the molecule is COC(=O)C(F)c1ccc(N=C2SCC(=O)N2C)cc1. The number of methoxy groups -OCH3 is 1. The van der Waals surface area contributed by atoms with Crippen LogP contribution >= 0.6 is 11.8 Å². The molecule has 0 saturated carbocycles. The Morgan fingerprint density at radius 3 is 2.60 bits per heavy atom. The van der Waals surface area contributed by atoms with Gasteiger partial charge in [-0.25, -0.2) is 14.2 Å². The molecule has 1 aromatic rings. The standard InChI is InChI=1S/C13H13FN2O3S/c1-16-10(17)7-20-13(16)15-9-5-3-8(4-6-9)11(14)12(18)19-2/h3-6,11H,7H2,1-2H3. The van der Waals surface area contributed by atoms with Crippen molar-refractivity contribution in [3.63, 3.8) is 0 Å². The summed E-state index contributed by atoms with van der Waals surface area (Å²) in [5.74, 6) is -0.553. The molecule has 0 bridgehead atoms. The molecule has 1 saturated heterocycles. The number of ether oxygens (including phenoxy) is 1. The number of benzene rings is 1. The van der Waals surface area contributed by atoms with Crippen molar-refractivity contribution in [2.75, 3.05) is 19.9 Å². The molecule has 1 fully saturated rings. The van der Waals surface area contributed by atoms with Gasteiger partial charge in [0.25, 0.3) is 0 Å². The van der Waals surface area contributed by atoms with Gasteiger partial charge >= 0.3 is 5.97 Å². The lowest BCUT2D eigenvalue weighted by Crippen LogP contribution is -2.24. The number of halogens is 1. The molecule has 1 aliphatic heterocycles. The zero-order valence-corrected chi connectivity index (χ0v) is 11.8. The van der Waals surface area contributed by atoms with Crippen LogP contribution in [0, 0.1) is 0 Å². The first kappa shape index (κ1) is 14.5. The molecule has 0 spiro atoms. The van der Waals surface area contributed by atoms with Crippen LogP contribution in [0.5, 0.6) is 0 Å². The van der Waals surface area contributed by atoms with E-state index in [1.165, 1.54) is 28.8 Å². The predicted octanol–water partition coefficient (Wildman–Crippen LogP) is 2.06. The van der Waals surface area contributed by atoms with E-state index in [0.717, 1.165) is 7.11 Å². The fourth-order valence-corrected chi connectivity index (χ4v) is 2.51. The Balaban J connectivity index is 2.15. The fraction of sp³-hybridized carbons (Fsp3) is 0.308. The Bertz CT molecular complexity index is 559. The van der Waals surface area contributed by atoms with Gasteiger partial charge in [0.05, 0.1) is 18.6 Å². The third kappa shape index (κ3) is 2.98. The first-order valence-corrected chi connectivity index (χ1v) is 6.81. The molecular weight excluding hydrogens is 283 g/mol. The van der Waals surface area contributed by atoms with Crippen molar-refractivity contribution in [1.82, 2.24) is 4.90 Å². The van der Waals surface area contributed by atoms with E-state index in [1.54, 1.807) is 19.2 Å². The normalized spacial score (nSPS) is 18.4. The van der Waals surface area contributed by atoms with Crippen molar-refractivity contribution < 1.29 is 18.7 Å². The van der Waals surface area contributed by atoms with Crippen LogP contribution in [-0.2, 0) is 14.3 Å². The summed E-state index contributed by atoms with van der Waals surface area (Å²) >= 11 is 1.35. The Morgan fingerprint density at radius 2 is 2.10 bits per heavy atom. The summed E-state index contributed by atoms with van der Waals surface area (Å²) in [6.45, 7) is 0. The zero-order chi connectivity index (χ0) is 14.7. The minimum Gasteiger partial charge on any atom is -0.467 e. The number of nitrogens with zero attached hydrogens (tertiary/aromatic N) is 2. The summed E-state index contributed by atoms with van der Waals surface area (Å²) in [4.78, 5) is 28.2. The molecule has 0 aliphatic carbocycles. The minimum absolute atomic E-state index is 0.000108. The van der Waals surface area contributed by atoms with Crippen molar-refractivity contribution in [3.8, 4) is 0 Å². The summed E-state index contributed by atoms with van der Waals surface area (Å²) in [5.41, 5.74) is 0.805. The van der Waals surface area contributed by atoms with Gasteiger partial charge in [0.2, 0.25) is 12.1 Å². The zero-order valence-electron chi connectivity index (χ0n) is 11.0. The number of amides is 1. The number of thioether (sulfide) groups is 1. The van der Waals surface area contributed by atoms with E-state index < -0.39 is 12.1 Å². The summed E-state index contributed by atoms with van der Waals surface area (Å²) in [7, 11) is 2.80. The third-order valence-electron chi connectivity index (χ3n) is 2.80. The average Bonchev–Trinajstić information content (AvgIpc) is 2.78. The number of hydrogen-bond donors (Lipinski definition) is 0. The number of carbonyl (C=O) groups is 2. The van der Waals surface area contributed by atoms with Crippen LogP contribution in [0.3, 0.4) is 0 Å². The van der Waals surface area contributed by atoms with Gasteiger partial charge in [-0.3, -0.25) is 9.69 Å². The number of amidine groups is 1. The molecule has 1 atom stereocenters. The van der Waals surface area contributed by atoms with Crippen LogP contribution in [0.1, 0.15) is 11.7 Å². The number of carbonyl (C=O) groups excluding carboxylic acids is 2. The van der Waals surface area contributed by atoms with E-state index in [4.69, 9.17) is 0 Å². The largest absolute Gasteiger partial charge is 0.467 e. The Kier molecular flexibility index (Phi) is 4.39. The van der Waals surface area contributed by atoms with E-state index in [-0.39, 0.29) is 11.5 Å². The number of rotatable bonds is 3. The molecule has 5 nitrogen and oxygen atoms in total. The molecule has 1 heterocycles. The maximum absolute atomic E-state index is 13.6. The van der Waals surface area contributed by atoms with Crippen molar-refractivity contribution in [2.24, 2.45) is 4.99 Å². The van der Waals surface area contributed by atoms with E-state index in [1.807, 2.05) is 0 Å². The number of hydrogen-bond acceptors (Lipinski definition) is 5. The molecule has 0 N–H and O–H groups in total. The van der Waals surface area contributed by atoms with Crippen molar-refractivity contribution in [2.45, 2.75) is 6.17 Å². The first-order chi connectivity index (χ1) is 9.52. The van der Waals surface area contributed by atoms with Crippen molar-refractivity contribution >= 4 is 34.5 Å². The van der Waals surface area contributed by atoms with Gasteiger partial charge in [-0.15, -0.1) is 0 Å². The molecule has 2 rings (SSSR count). The van der Waals surface area contributed by atoms with Crippen LogP contribution < -0.4 is 0 Å². The van der Waals surface area contributed by atoms with E-state index in [0.29, 0.717) is 16.6 Å². The molecule has 106 valence electrons. The Hall–Kier alpha value is -1.89. The lowest BCUT2D eigenvalue weighted by molar-refractivity contribution is -0.146. The molecule has 1 aliphatic rings. The smallest absolute Gasteiger partial charge is 0.345 e. The summed E-state index contributed by atoms with van der Waals surface area (Å²) in [5, 5.41) is 0.604. The molecule has 1 unspecified atom stereocenters. The monoisotopic (exact) mass is 296 g/mol. The first-order valence-electron chi connectivity index (χ1n) is 5.83. The highest BCUT2D eigenvalue weighted by Crippen LogP contribution is 2.25.